The highest BCUT2D eigenvalue weighted by molar-refractivity contribution is 5.44. The molecule has 3 heteroatoms. The molecule has 0 aliphatic carbocycles. The molecule has 0 atom stereocenters. The van der Waals surface area contributed by atoms with Crippen LogP contribution in [0, 0.1) is 0 Å². The van der Waals surface area contributed by atoms with Gasteiger partial charge in [-0.05, 0) is 18.6 Å². The number of anilines is 1. The first-order valence-electron chi connectivity index (χ1n) is 3.68. The molecule has 60 valence electrons. The van der Waals surface area contributed by atoms with Crippen LogP contribution < -0.4 is 5.73 Å². The lowest BCUT2D eigenvalue weighted by Gasteiger charge is -2.00. The van der Waals surface area contributed by atoms with E-state index in [1.54, 1.807) is 12.1 Å². The molecule has 0 amide bonds. The number of aromatic nitrogens is 1. The van der Waals surface area contributed by atoms with E-state index >= 15 is 0 Å². The van der Waals surface area contributed by atoms with Crippen LogP contribution in [-0.2, 0) is 6.42 Å². The second kappa shape index (κ2) is 3.23. The highest BCUT2D eigenvalue weighted by Gasteiger charge is 1.98. The van der Waals surface area contributed by atoms with Crippen LogP contribution in [0.2, 0.25) is 0 Å². The first kappa shape index (κ1) is 7.85. The van der Waals surface area contributed by atoms with E-state index in [-0.39, 0.29) is 11.6 Å². The van der Waals surface area contributed by atoms with Crippen molar-refractivity contribution in [3.05, 3.63) is 17.8 Å². The van der Waals surface area contributed by atoms with Gasteiger partial charge in [0.1, 0.15) is 0 Å². The molecule has 0 unspecified atom stereocenters. The zero-order valence-corrected chi connectivity index (χ0v) is 6.54. The molecule has 1 aromatic heterocycles. The summed E-state index contributed by atoms with van der Waals surface area (Å²) in [7, 11) is 0. The predicted octanol–water partition coefficient (Wildman–Crippen LogP) is 1.32. The molecule has 0 spiro atoms. The number of rotatable bonds is 2. The highest BCUT2D eigenvalue weighted by Crippen LogP contribution is 2.16. The summed E-state index contributed by atoms with van der Waals surface area (Å²) >= 11 is 0. The summed E-state index contributed by atoms with van der Waals surface area (Å²) in [6, 6.07) is 3.36. The van der Waals surface area contributed by atoms with Crippen LogP contribution in [0.15, 0.2) is 12.1 Å². The third-order valence-electron chi connectivity index (χ3n) is 1.47. The van der Waals surface area contributed by atoms with Gasteiger partial charge in [0.05, 0.1) is 0 Å². The lowest BCUT2D eigenvalue weighted by Crippen LogP contribution is -1.95. The zero-order valence-electron chi connectivity index (χ0n) is 6.54. The molecule has 11 heavy (non-hydrogen) atoms. The lowest BCUT2D eigenvalue weighted by atomic mass is 10.2. The maximum Gasteiger partial charge on any atom is 0.166 e. The van der Waals surface area contributed by atoms with Gasteiger partial charge in [-0.25, -0.2) is 4.98 Å². The fraction of sp³-hybridized carbons (Fsp3) is 0.375. The average Bonchev–Trinajstić information content (AvgIpc) is 1.98. The van der Waals surface area contributed by atoms with Gasteiger partial charge in [0.25, 0.3) is 0 Å². The van der Waals surface area contributed by atoms with Crippen molar-refractivity contribution in [1.29, 1.82) is 0 Å². The van der Waals surface area contributed by atoms with Crippen molar-refractivity contribution in [2.75, 3.05) is 5.73 Å². The van der Waals surface area contributed by atoms with Crippen molar-refractivity contribution >= 4 is 5.82 Å². The second-order valence-corrected chi connectivity index (χ2v) is 2.46. The molecule has 0 aliphatic heterocycles. The quantitative estimate of drug-likeness (QED) is 0.672. The van der Waals surface area contributed by atoms with Crippen LogP contribution in [0.4, 0.5) is 5.82 Å². The normalized spacial score (nSPS) is 9.91. The van der Waals surface area contributed by atoms with E-state index in [9.17, 15) is 0 Å². The maximum absolute atomic E-state index is 9.02. The van der Waals surface area contributed by atoms with Crippen LogP contribution in [0.25, 0.3) is 0 Å². The zero-order chi connectivity index (χ0) is 8.27. The smallest absolute Gasteiger partial charge is 0.166 e. The molecule has 3 N–H and O–H groups in total. The Balaban J connectivity index is 2.86. The number of nitrogens with zero attached hydrogens (tertiary/aromatic N) is 1. The fourth-order valence-electron chi connectivity index (χ4n) is 0.905. The summed E-state index contributed by atoms with van der Waals surface area (Å²) in [6.45, 7) is 2.07. The Morgan fingerprint density at radius 1 is 1.55 bits per heavy atom. The molecular formula is C8H12N2O. The van der Waals surface area contributed by atoms with Gasteiger partial charge in [-0.3, -0.25) is 0 Å². The third-order valence-corrected chi connectivity index (χ3v) is 1.47. The van der Waals surface area contributed by atoms with E-state index in [4.69, 9.17) is 10.8 Å². The SMILES string of the molecule is CCCc1ccc(O)c(N)n1. The largest absolute Gasteiger partial charge is 0.504 e. The maximum atomic E-state index is 9.02. The van der Waals surface area contributed by atoms with Crippen molar-refractivity contribution in [3.63, 3.8) is 0 Å². The molecular weight excluding hydrogens is 140 g/mol. The summed E-state index contributed by atoms with van der Waals surface area (Å²) in [6.07, 6.45) is 1.95. The molecule has 3 nitrogen and oxygen atoms in total. The first-order valence-corrected chi connectivity index (χ1v) is 3.68. The number of hydrogen-bond donors (Lipinski definition) is 2. The van der Waals surface area contributed by atoms with E-state index in [1.165, 1.54) is 0 Å². The van der Waals surface area contributed by atoms with Crippen molar-refractivity contribution in [3.8, 4) is 5.75 Å². The molecule has 0 aromatic carbocycles. The van der Waals surface area contributed by atoms with Crippen LogP contribution in [0.3, 0.4) is 0 Å². The van der Waals surface area contributed by atoms with Gasteiger partial charge in [0.2, 0.25) is 0 Å². The minimum Gasteiger partial charge on any atom is -0.504 e. The Bertz CT molecular complexity index is 248. The summed E-state index contributed by atoms with van der Waals surface area (Å²) in [5.41, 5.74) is 6.32. The van der Waals surface area contributed by atoms with Crippen molar-refractivity contribution in [2.24, 2.45) is 0 Å². The van der Waals surface area contributed by atoms with Gasteiger partial charge in [0.15, 0.2) is 11.6 Å². The Labute approximate surface area is 65.9 Å². The van der Waals surface area contributed by atoms with Crippen molar-refractivity contribution in [1.82, 2.24) is 4.98 Å². The van der Waals surface area contributed by atoms with Crippen molar-refractivity contribution in [2.45, 2.75) is 19.8 Å². The Kier molecular flexibility index (Phi) is 2.31. The second-order valence-electron chi connectivity index (χ2n) is 2.46. The van der Waals surface area contributed by atoms with E-state index in [2.05, 4.69) is 11.9 Å². The molecule has 0 radical (unpaired) electrons. The summed E-state index contributed by atoms with van der Waals surface area (Å²) in [5, 5.41) is 9.02. The standard InChI is InChI=1S/C8H12N2O/c1-2-3-6-4-5-7(11)8(9)10-6/h4-5,11H,2-3H2,1H3,(H2,9,10). The Morgan fingerprint density at radius 3 is 2.82 bits per heavy atom. The molecule has 0 fully saturated rings. The number of aryl methyl sites for hydroxylation is 1. The molecule has 0 aliphatic rings. The number of hydrogen-bond acceptors (Lipinski definition) is 3. The number of aromatic hydroxyl groups is 1. The Hall–Kier alpha value is -1.25. The van der Waals surface area contributed by atoms with E-state index in [0.717, 1.165) is 18.5 Å². The predicted molar refractivity (Wildman–Crippen MR) is 44.3 cm³/mol. The molecule has 1 rings (SSSR count). The summed E-state index contributed by atoms with van der Waals surface area (Å²) in [4.78, 5) is 3.99. The number of nitrogen functional groups attached to an aromatic ring is 1. The summed E-state index contributed by atoms with van der Waals surface area (Å²) < 4.78 is 0. The average molecular weight is 152 g/mol. The first-order chi connectivity index (χ1) is 5.24. The molecule has 0 bridgehead atoms. The Morgan fingerprint density at radius 2 is 2.27 bits per heavy atom. The monoisotopic (exact) mass is 152 g/mol. The van der Waals surface area contributed by atoms with Gasteiger partial charge >= 0.3 is 0 Å². The van der Waals surface area contributed by atoms with Crippen LogP contribution in [0.1, 0.15) is 19.0 Å². The lowest BCUT2D eigenvalue weighted by molar-refractivity contribution is 0.475. The van der Waals surface area contributed by atoms with Crippen LogP contribution in [0.5, 0.6) is 5.75 Å². The van der Waals surface area contributed by atoms with Gasteiger partial charge in [0, 0.05) is 5.69 Å². The number of pyridine rings is 1. The fourth-order valence-corrected chi connectivity index (χ4v) is 0.905. The van der Waals surface area contributed by atoms with Crippen molar-refractivity contribution < 1.29 is 5.11 Å². The minimum absolute atomic E-state index is 0.0600. The highest BCUT2D eigenvalue weighted by atomic mass is 16.3. The summed E-state index contributed by atoms with van der Waals surface area (Å²) in [5.74, 6) is 0.279. The molecule has 1 heterocycles. The minimum atomic E-state index is 0.0600. The van der Waals surface area contributed by atoms with Gasteiger partial charge in [-0.2, -0.15) is 0 Å². The molecule has 0 saturated carbocycles. The third kappa shape index (κ3) is 1.83. The van der Waals surface area contributed by atoms with Gasteiger partial charge < -0.3 is 10.8 Å². The topological polar surface area (TPSA) is 59.1 Å². The van der Waals surface area contributed by atoms with E-state index in [0.29, 0.717) is 0 Å². The van der Waals surface area contributed by atoms with Crippen LogP contribution >= 0.6 is 0 Å². The molecule has 1 aromatic rings. The van der Waals surface area contributed by atoms with Gasteiger partial charge in [-0.15, -0.1) is 0 Å². The van der Waals surface area contributed by atoms with Crippen LogP contribution in [-0.4, -0.2) is 10.1 Å². The van der Waals surface area contributed by atoms with E-state index < -0.39 is 0 Å². The number of nitrogens with two attached hydrogens (primary N) is 1. The molecule has 0 saturated heterocycles. The van der Waals surface area contributed by atoms with Gasteiger partial charge in [-0.1, -0.05) is 13.3 Å². The van der Waals surface area contributed by atoms with E-state index in [1.807, 2.05) is 0 Å².